The number of benzene rings is 2. The summed E-state index contributed by atoms with van der Waals surface area (Å²) in [6.45, 7) is 3.08. The molecule has 3 fully saturated rings. The van der Waals surface area contributed by atoms with Crippen molar-refractivity contribution in [3.05, 3.63) is 58.6 Å². The molecule has 2 spiro atoms. The first-order valence-electron chi connectivity index (χ1n) is 10.6. The Hall–Kier alpha value is -2.26. The van der Waals surface area contributed by atoms with Crippen LogP contribution in [0.1, 0.15) is 49.5 Å². The lowest BCUT2D eigenvalue weighted by Crippen LogP contribution is -2.41. The van der Waals surface area contributed by atoms with Gasteiger partial charge < -0.3 is 20.0 Å². The molecular formula is C24H26ClN3O2. The van der Waals surface area contributed by atoms with E-state index in [-0.39, 0.29) is 5.54 Å². The standard InChI is InChI=1S/C24H26ClN3O2/c25-21-13-20(6-3-18(21)14-26)28-16-23(15-24(28)7-8-24)9-11-27(12-10-23)19-4-1-17(2-5-19)22(29)30/h1-6,13,22,29-30H,7-12,15-16H2. The molecule has 1 saturated carbocycles. The molecule has 2 saturated heterocycles. The van der Waals surface area contributed by atoms with Gasteiger partial charge in [-0.25, -0.2) is 0 Å². The van der Waals surface area contributed by atoms with Crippen molar-refractivity contribution in [2.24, 2.45) is 5.41 Å². The Morgan fingerprint density at radius 1 is 0.967 bits per heavy atom. The summed E-state index contributed by atoms with van der Waals surface area (Å²) in [7, 11) is 0. The van der Waals surface area contributed by atoms with Gasteiger partial charge >= 0.3 is 0 Å². The predicted molar refractivity (Wildman–Crippen MR) is 118 cm³/mol. The van der Waals surface area contributed by atoms with Crippen molar-refractivity contribution < 1.29 is 10.2 Å². The normalized spacial score (nSPS) is 21.4. The number of nitriles is 1. The second-order valence-corrected chi connectivity index (χ2v) is 9.62. The lowest BCUT2D eigenvalue weighted by Gasteiger charge is -2.40. The summed E-state index contributed by atoms with van der Waals surface area (Å²) in [5, 5.41) is 28.3. The molecule has 0 radical (unpaired) electrons. The van der Waals surface area contributed by atoms with Crippen LogP contribution in [0.5, 0.6) is 0 Å². The van der Waals surface area contributed by atoms with Crippen LogP contribution in [0.15, 0.2) is 42.5 Å². The molecule has 2 aliphatic heterocycles. The lowest BCUT2D eigenvalue weighted by atomic mass is 9.76. The highest BCUT2D eigenvalue weighted by Crippen LogP contribution is 2.60. The summed E-state index contributed by atoms with van der Waals surface area (Å²) in [6, 6.07) is 15.5. The zero-order valence-electron chi connectivity index (χ0n) is 16.9. The molecule has 0 aromatic heterocycles. The topological polar surface area (TPSA) is 70.7 Å². The summed E-state index contributed by atoms with van der Waals surface area (Å²) < 4.78 is 0. The highest BCUT2D eigenvalue weighted by atomic mass is 35.5. The Balaban J connectivity index is 1.30. The van der Waals surface area contributed by atoms with Gasteiger partial charge in [0.1, 0.15) is 6.07 Å². The number of nitrogens with zero attached hydrogens (tertiary/aromatic N) is 3. The second kappa shape index (κ2) is 7.16. The number of piperidine rings is 1. The van der Waals surface area contributed by atoms with Crippen LogP contribution in [0.25, 0.3) is 0 Å². The Labute approximate surface area is 182 Å². The average molecular weight is 424 g/mol. The van der Waals surface area contributed by atoms with E-state index in [4.69, 9.17) is 11.6 Å². The van der Waals surface area contributed by atoms with Gasteiger partial charge in [0, 0.05) is 42.1 Å². The van der Waals surface area contributed by atoms with Crippen molar-refractivity contribution in [2.45, 2.75) is 43.9 Å². The number of anilines is 2. The maximum atomic E-state index is 9.30. The number of rotatable bonds is 3. The number of aliphatic hydroxyl groups excluding tert-OH is 1. The van der Waals surface area contributed by atoms with Crippen molar-refractivity contribution in [1.29, 1.82) is 5.26 Å². The van der Waals surface area contributed by atoms with Gasteiger partial charge in [0.15, 0.2) is 6.29 Å². The van der Waals surface area contributed by atoms with Gasteiger partial charge in [0.25, 0.3) is 0 Å². The van der Waals surface area contributed by atoms with Crippen LogP contribution in [-0.4, -0.2) is 35.4 Å². The van der Waals surface area contributed by atoms with E-state index in [9.17, 15) is 15.5 Å². The molecule has 5 rings (SSSR count). The van der Waals surface area contributed by atoms with Crippen LogP contribution in [0.4, 0.5) is 11.4 Å². The van der Waals surface area contributed by atoms with Gasteiger partial charge in [0.2, 0.25) is 0 Å². The lowest BCUT2D eigenvalue weighted by molar-refractivity contribution is -0.0424. The van der Waals surface area contributed by atoms with E-state index in [1.165, 1.54) is 19.3 Å². The first kappa shape index (κ1) is 19.7. The van der Waals surface area contributed by atoms with Crippen molar-refractivity contribution in [1.82, 2.24) is 0 Å². The molecule has 0 bridgehead atoms. The molecule has 6 heteroatoms. The van der Waals surface area contributed by atoms with Gasteiger partial charge in [-0.3, -0.25) is 0 Å². The second-order valence-electron chi connectivity index (χ2n) is 9.22. The molecule has 5 nitrogen and oxygen atoms in total. The zero-order valence-corrected chi connectivity index (χ0v) is 17.6. The Bertz CT molecular complexity index is 987. The molecule has 3 aliphatic rings. The molecule has 0 amide bonds. The molecular weight excluding hydrogens is 398 g/mol. The van der Waals surface area contributed by atoms with E-state index in [1.54, 1.807) is 12.1 Å². The van der Waals surface area contributed by atoms with Crippen molar-refractivity contribution in [2.75, 3.05) is 29.4 Å². The average Bonchev–Trinajstić information content (AvgIpc) is 3.45. The molecule has 2 aromatic carbocycles. The molecule has 1 aliphatic carbocycles. The van der Waals surface area contributed by atoms with E-state index >= 15 is 0 Å². The minimum absolute atomic E-state index is 0.276. The molecule has 2 heterocycles. The van der Waals surface area contributed by atoms with Crippen LogP contribution in [0.2, 0.25) is 5.02 Å². The van der Waals surface area contributed by atoms with Gasteiger partial charge in [-0.1, -0.05) is 23.7 Å². The van der Waals surface area contributed by atoms with Gasteiger partial charge in [-0.15, -0.1) is 0 Å². The number of hydrogen-bond acceptors (Lipinski definition) is 5. The number of hydrogen-bond donors (Lipinski definition) is 2. The largest absolute Gasteiger partial charge is 0.371 e. The van der Waals surface area contributed by atoms with E-state index in [0.717, 1.165) is 43.9 Å². The van der Waals surface area contributed by atoms with Crippen molar-refractivity contribution >= 4 is 23.0 Å². The van der Waals surface area contributed by atoms with Gasteiger partial charge in [-0.05, 0) is 67.9 Å². The Morgan fingerprint density at radius 3 is 2.20 bits per heavy atom. The zero-order chi connectivity index (χ0) is 20.9. The van der Waals surface area contributed by atoms with Crippen LogP contribution < -0.4 is 9.80 Å². The first-order valence-corrected chi connectivity index (χ1v) is 11.0. The molecule has 2 aromatic rings. The molecule has 0 atom stereocenters. The maximum absolute atomic E-state index is 9.30. The van der Waals surface area contributed by atoms with E-state index in [2.05, 4.69) is 21.9 Å². The van der Waals surface area contributed by atoms with Crippen LogP contribution in [-0.2, 0) is 0 Å². The third kappa shape index (κ3) is 3.33. The van der Waals surface area contributed by atoms with Crippen LogP contribution in [0, 0.1) is 16.7 Å². The highest BCUT2D eigenvalue weighted by Gasteiger charge is 2.59. The third-order valence-corrected chi connectivity index (χ3v) is 7.68. The minimum Gasteiger partial charge on any atom is -0.371 e. The Kier molecular flexibility index (Phi) is 4.70. The summed E-state index contributed by atoms with van der Waals surface area (Å²) in [5.74, 6) is 0. The highest BCUT2D eigenvalue weighted by molar-refractivity contribution is 6.32. The van der Waals surface area contributed by atoms with Crippen molar-refractivity contribution in [3.63, 3.8) is 0 Å². The van der Waals surface area contributed by atoms with E-state index in [1.807, 2.05) is 24.3 Å². The first-order chi connectivity index (χ1) is 14.4. The molecule has 2 N–H and O–H groups in total. The molecule has 0 unspecified atom stereocenters. The van der Waals surface area contributed by atoms with Gasteiger partial charge in [0.05, 0.1) is 10.6 Å². The van der Waals surface area contributed by atoms with Crippen molar-refractivity contribution in [3.8, 4) is 6.07 Å². The number of halogens is 1. The van der Waals surface area contributed by atoms with Crippen LogP contribution in [0.3, 0.4) is 0 Å². The fourth-order valence-corrected chi connectivity index (χ4v) is 5.72. The third-order valence-electron chi connectivity index (χ3n) is 7.36. The summed E-state index contributed by atoms with van der Waals surface area (Å²) >= 11 is 6.33. The summed E-state index contributed by atoms with van der Waals surface area (Å²) in [5.41, 5.74) is 3.95. The maximum Gasteiger partial charge on any atom is 0.178 e. The molecule has 156 valence electrons. The number of aliphatic hydroxyl groups is 2. The summed E-state index contributed by atoms with van der Waals surface area (Å²) in [4.78, 5) is 4.97. The smallest absolute Gasteiger partial charge is 0.178 e. The summed E-state index contributed by atoms with van der Waals surface area (Å²) in [6.07, 6.45) is 4.60. The van der Waals surface area contributed by atoms with E-state index < -0.39 is 6.29 Å². The monoisotopic (exact) mass is 423 g/mol. The fourth-order valence-electron chi connectivity index (χ4n) is 5.50. The SMILES string of the molecule is N#Cc1ccc(N2CC3(CCN(c4ccc(C(O)O)cc4)CC3)CC23CC3)cc1Cl. The van der Waals surface area contributed by atoms with Gasteiger partial charge in [-0.2, -0.15) is 5.26 Å². The van der Waals surface area contributed by atoms with Crippen LogP contribution >= 0.6 is 11.6 Å². The Morgan fingerprint density at radius 2 is 1.63 bits per heavy atom. The van der Waals surface area contributed by atoms with E-state index in [0.29, 0.717) is 21.6 Å². The minimum atomic E-state index is -1.42. The predicted octanol–water partition coefficient (Wildman–Crippen LogP) is 4.22. The molecule has 30 heavy (non-hydrogen) atoms. The fraction of sp³-hybridized carbons (Fsp3) is 0.458. The quantitative estimate of drug-likeness (QED) is 0.723.